The van der Waals surface area contributed by atoms with E-state index in [0.717, 1.165) is 28.0 Å². The molecule has 0 radical (unpaired) electrons. The molecule has 0 aromatic heterocycles. The maximum Gasteiger partial charge on any atom is 0.331 e. The van der Waals surface area contributed by atoms with Crippen LogP contribution in [0.15, 0.2) is 12.1 Å². The summed E-state index contributed by atoms with van der Waals surface area (Å²) in [5.41, 5.74) is 1.78. The third-order valence-electron chi connectivity index (χ3n) is 6.00. The van der Waals surface area contributed by atoms with Gasteiger partial charge in [0.25, 0.3) is 5.91 Å². The van der Waals surface area contributed by atoms with Crippen molar-refractivity contribution in [3.8, 4) is 5.75 Å². The molecular formula is C22H30N2O4. The molecule has 0 unspecified atom stereocenters. The number of carbonyl (C=O) groups excluding carboxylic acids is 3. The molecule has 1 aromatic rings. The number of nitrogens with zero attached hydrogens (tertiary/aromatic N) is 1. The van der Waals surface area contributed by atoms with E-state index >= 15 is 0 Å². The second-order valence-corrected chi connectivity index (χ2v) is 9.39. The largest absolute Gasteiger partial charge is 0.425 e. The number of benzene rings is 1. The molecule has 28 heavy (non-hydrogen) atoms. The molecule has 3 amide bonds. The van der Waals surface area contributed by atoms with E-state index in [2.05, 4.69) is 26.1 Å². The van der Waals surface area contributed by atoms with Crippen molar-refractivity contribution in [1.82, 2.24) is 10.2 Å². The van der Waals surface area contributed by atoms with Gasteiger partial charge in [0.1, 0.15) is 17.8 Å². The Balaban J connectivity index is 1.77. The van der Waals surface area contributed by atoms with Crippen molar-refractivity contribution in [3.05, 3.63) is 28.8 Å². The molecule has 0 bridgehead atoms. The van der Waals surface area contributed by atoms with Crippen molar-refractivity contribution in [1.29, 1.82) is 0 Å². The van der Waals surface area contributed by atoms with E-state index in [0.29, 0.717) is 24.5 Å². The zero-order valence-electron chi connectivity index (χ0n) is 17.6. The molecule has 1 aliphatic heterocycles. The van der Waals surface area contributed by atoms with Crippen molar-refractivity contribution >= 4 is 17.9 Å². The van der Waals surface area contributed by atoms with Crippen LogP contribution in [0.25, 0.3) is 0 Å². The third kappa shape index (κ3) is 3.64. The second kappa shape index (κ2) is 6.90. The third-order valence-corrected chi connectivity index (χ3v) is 6.00. The quantitative estimate of drug-likeness (QED) is 0.489. The molecule has 2 fully saturated rings. The van der Waals surface area contributed by atoms with Crippen LogP contribution in [0.1, 0.15) is 56.7 Å². The van der Waals surface area contributed by atoms with Crippen molar-refractivity contribution in [3.63, 3.8) is 0 Å². The SMILES string of the molecule is Cc1ccc(C)c(OC(=O)CN2C(=O)N[C@]3(C[C@H](C)CC(C)(C)C3)C2=O)c1C. The Morgan fingerprint density at radius 3 is 2.46 bits per heavy atom. The van der Waals surface area contributed by atoms with Gasteiger partial charge in [0.15, 0.2) is 0 Å². The predicted molar refractivity (Wildman–Crippen MR) is 106 cm³/mol. The van der Waals surface area contributed by atoms with E-state index in [1.165, 1.54) is 0 Å². The number of esters is 1. The summed E-state index contributed by atoms with van der Waals surface area (Å²) in [6, 6.07) is 3.35. The summed E-state index contributed by atoms with van der Waals surface area (Å²) in [7, 11) is 0. The van der Waals surface area contributed by atoms with Gasteiger partial charge >= 0.3 is 12.0 Å². The van der Waals surface area contributed by atoms with E-state index in [1.54, 1.807) is 0 Å². The van der Waals surface area contributed by atoms with Crippen LogP contribution in [-0.2, 0) is 9.59 Å². The minimum absolute atomic E-state index is 0.0487. The van der Waals surface area contributed by atoms with E-state index in [-0.39, 0.29) is 17.9 Å². The lowest BCUT2D eigenvalue weighted by Crippen LogP contribution is -2.54. The van der Waals surface area contributed by atoms with Crippen LogP contribution in [0.5, 0.6) is 5.75 Å². The van der Waals surface area contributed by atoms with Gasteiger partial charge in [0.2, 0.25) is 0 Å². The molecule has 1 aromatic carbocycles. The molecule has 1 saturated carbocycles. The standard InChI is InChI=1S/C22H30N2O4/c1-13-9-21(5,6)12-22(10-13)19(26)24(20(27)23-22)11-17(25)28-18-15(3)8-7-14(2)16(18)4/h7-8,13H,9-12H2,1-6H3,(H,23,27)/t13-,22+/m1/s1. The Bertz CT molecular complexity index is 845. The van der Waals surface area contributed by atoms with Crippen LogP contribution in [-0.4, -0.2) is 34.9 Å². The van der Waals surface area contributed by atoms with Gasteiger partial charge in [-0.25, -0.2) is 9.59 Å². The Hall–Kier alpha value is -2.37. The molecule has 6 nitrogen and oxygen atoms in total. The lowest BCUT2D eigenvalue weighted by Gasteiger charge is -2.43. The fourth-order valence-electron chi connectivity index (χ4n) is 5.01. The average molecular weight is 386 g/mol. The van der Waals surface area contributed by atoms with Gasteiger partial charge in [-0.15, -0.1) is 0 Å². The maximum atomic E-state index is 13.1. The first-order valence-corrected chi connectivity index (χ1v) is 9.86. The Morgan fingerprint density at radius 2 is 1.82 bits per heavy atom. The fraction of sp³-hybridized carbons (Fsp3) is 0.591. The predicted octanol–water partition coefficient (Wildman–Crippen LogP) is 3.65. The summed E-state index contributed by atoms with van der Waals surface area (Å²) in [4.78, 5) is 39.2. The summed E-state index contributed by atoms with van der Waals surface area (Å²) < 4.78 is 5.54. The molecule has 1 saturated heterocycles. The highest BCUT2D eigenvalue weighted by molar-refractivity contribution is 6.08. The second-order valence-electron chi connectivity index (χ2n) is 9.39. The molecule has 1 aliphatic carbocycles. The van der Waals surface area contributed by atoms with Crippen LogP contribution < -0.4 is 10.1 Å². The number of ether oxygens (including phenoxy) is 1. The number of urea groups is 1. The van der Waals surface area contributed by atoms with Gasteiger partial charge < -0.3 is 10.1 Å². The lowest BCUT2D eigenvalue weighted by molar-refractivity contribution is -0.142. The van der Waals surface area contributed by atoms with E-state index in [4.69, 9.17) is 4.74 Å². The van der Waals surface area contributed by atoms with Crippen LogP contribution in [0.2, 0.25) is 0 Å². The van der Waals surface area contributed by atoms with Crippen molar-refractivity contribution < 1.29 is 19.1 Å². The summed E-state index contributed by atoms with van der Waals surface area (Å²) >= 11 is 0. The fourth-order valence-corrected chi connectivity index (χ4v) is 5.01. The van der Waals surface area contributed by atoms with Gasteiger partial charge in [-0.3, -0.25) is 9.69 Å². The summed E-state index contributed by atoms with van der Waals surface area (Å²) in [6.45, 7) is 11.6. The molecule has 1 N–H and O–H groups in total. The van der Waals surface area contributed by atoms with Crippen molar-refractivity contribution in [2.75, 3.05) is 6.54 Å². The number of hydrogen-bond donors (Lipinski definition) is 1. The number of aryl methyl sites for hydroxylation is 2. The monoisotopic (exact) mass is 386 g/mol. The molecule has 152 valence electrons. The summed E-state index contributed by atoms with van der Waals surface area (Å²) in [5, 5.41) is 2.89. The topological polar surface area (TPSA) is 75.7 Å². The summed E-state index contributed by atoms with van der Waals surface area (Å²) in [5.74, 6) is -0.107. The van der Waals surface area contributed by atoms with Crippen LogP contribution >= 0.6 is 0 Å². The number of imide groups is 1. The van der Waals surface area contributed by atoms with Crippen LogP contribution in [0.4, 0.5) is 4.79 Å². The van der Waals surface area contributed by atoms with E-state index in [9.17, 15) is 14.4 Å². The first-order valence-electron chi connectivity index (χ1n) is 9.86. The minimum atomic E-state index is -0.909. The number of amides is 3. The molecular weight excluding hydrogens is 356 g/mol. The molecule has 2 aliphatic rings. The van der Waals surface area contributed by atoms with Crippen LogP contribution in [0.3, 0.4) is 0 Å². The molecule has 2 atom stereocenters. The van der Waals surface area contributed by atoms with Gasteiger partial charge in [-0.05, 0) is 68.1 Å². The van der Waals surface area contributed by atoms with Crippen molar-refractivity contribution in [2.24, 2.45) is 11.3 Å². The molecule has 3 rings (SSSR count). The zero-order chi connectivity index (χ0) is 20.9. The Kier molecular flexibility index (Phi) is 5.02. The molecule has 1 spiro atoms. The first kappa shape index (κ1) is 20.4. The summed E-state index contributed by atoms with van der Waals surface area (Å²) in [6.07, 6.45) is 2.19. The normalized spacial score (nSPS) is 26.5. The van der Waals surface area contributed by atoms with Crippen molar-refractivity contribution in [2.45, 2.75) is 66.3 Å². The maximum absolute atomic E-state index is 13.1. The Morgan fingerprint density at radius 1 is 1.18 bits per heavy atom. The smallest absolute Gasteiger partial charge is 0.331 e. The highest BCUT2D eigenvalue weighted by atomic mass is 16.5. The average Bonchev–Trinajstić information content (AvgIpc) is 2.77. The highest BCUT2D eigenvalue weighted by Gasteiger charge is 2.56. The van der Waals surface area contributed by atoms with E-state index in [1.807, 2.05) is 32.9 Å². The van der Waals surface area contributed by atoms with Gasteiger partial charge in [-0.1, -0.05) is 32.9 Å². The highest BCUT2D eigenvalue weighted by Crippen LogP contribution is 2.46. The first-order chi connectivity index (χ1) is 12.9. The van der Waals surface area contributed by atoms with Gasteiger partial charge in [0, 0.05) is 0 Å². The minimum Gasteiger partial charge on any atom is -0.425 e. The van der Waals surface area contributed by atoms with Gasteiger partial charge in [-0.2, -0.15) is 0 Å². The number of hydrogen-bond acceptors (Lipinski definition) is 4. The van der Waals surface area contributed by atoms with Gasteiger partial charge in [0.05, 0.1) is 0 Å². The van der Waals surface area contributed by atoms with Crippen LogP contribution in [0, 0.1) is 32.1 Å². The number of carbonyl (C=O) groups is 3. The molecule has 1 heterocycles. The zero-order valence-corrected chi connectivity index (χ0v) is 17.6. The molecule has 6 heteroatoms. The lowest BCUT2D eigenvalue weighted by atomic mass is 9.64. The number of rotatable bonds is 3. The van der Waals surface area contributed by atoms with E-state index < -0.39 is 17.5 Å². The number of nitrogens with one attached hydrogen (secondary N) is 1. The Labute approximate surface area is 166 Å².